The molecule has 4 nitrogen and oxygen atoms in total. The SMILES string of the molecule is CCn1ncc(CNc2cccc(OC)c2)c1C. The summed E-state index contributed by atoms with van der Waals surface area (Å²) in [5.74, 6) is 0.862. The molecule has 0 radical (unpaired) electrons. The van der Waals surface area contributed by atoms with Crippen LogP contribution < -0.4 is 10.1 Å². The predicted octanol–water partition coefficient (Wildman–Crippen LogP) is 2.83. The van der Waals surface area contributed by atoms with E-state index in [-0.39, 0.29) is 0 Å². The third-order valence-electron chi connectivity index (χ3n) is 3.06. The van der Waals surface area contributed by atoms with Gasteiger partial charge in [-0.05, 0) is 26.0 Å². The van der Waals surface area contributed by atoms with Gasteiger partial charge in [0, 0.05) is 36.1 Å². The van der Waals surface area contributed by atoms with Gasteiger partial charge < -0.3 is 10.1 Å². The second-order valence-electron chi connectivity index (χ2n) is 4.16. The Morgan fingerprint density at radius 1 is 1.39 bits per heavy atom. The van der Waals surface area contributed by atoms with E-state index in [1.54, 1.807) is 7.11 Å². The number of benzene rings is 1. The van der Waals surface area contributed by atoms with Gasteiger partial charge in [0.1, 0.15) is 5.75 Å². The summed E-state index contributed by atoms with van der Waals surface area (Å²) >= 11 is 0. The fourth-order valence-corrected chi connectivity index (χ4v) is 1.91. The minimum atomic E-state index is 0.777. The smallest absolute Gasteiger partial charge is 0.120 e. The van der Waals surface area contributed by atoms with E-state index in [1.165, 1.54) is 11.3 Å². The normalized spacial score (nSPS) is 10.4. The average molecular weight is 245 g/mol. The molecule has 0 fully saturated rings. The Labute approximate surface area is 108 Å². The molecule has 0 atom stereocenters. The molecule has 1 aromatic heterocycles. The third-order valence-corrected chi connectivity index (χ3v) is 3.06. The molecule has 1 N–H and O–H groups in total. The summed E-state index contributed by atoms with van der Waals surface area (Å²) in [4.78, 5) is 0. The van der Waals surface area contributed by atoms with Crippen LogP contribution in [0.2, 0.25) is 0 Å². The van der Waals surface area contributed by atoms with E-state index >= 15 is 0 Å². The van der Waals surface area contributed by atoms with Crippen molar-refractivity contribution in [3.05, 3.63) is 41.7 Å². The van der Waals surface area contributed by atoms with Crippen LogP contribution in [0, 0.1) is 6.92 Å². The number of ether oxygens (including phenoxy) is 1. The van der Waals surface area contributed by atoms with Gasteiger partial charge in [-0.1, -0.05) is 6.07 Å². The van der Waals surface area contributed by atoms with E-state index in [4.69, 9.17) is 4.74 Å². The van der Waals surface area contributed by atoms with Crippen molar-refractivity contribution in [2.45, 2.75) is 26.9 Å². The lowest BCUT2D eigenvalue weighted by Gasteiger charge is -2.08. The summed E-state index contributed by atoms with van der Waals surface area (Å²) in [5.41, 5.74) is 3.49. The number of hydrogen-bond donors (Lipinski definition) is 1. The molecule has 0 amide bonds. The van der Waals surface area contributed by atoms with Crippen molar-refractivity contribution < 1.29 is 4.74 Å². The molecule has 0 spiro atoms. The zero-order valence-electron chi connectivity index (χ0n) is 11.1. The van der Waals surface area contributed by atoms with Crippen LogP contribution in [0.5, 0.6) is 5.75 Å². The Hall–Kier alpha value is -1.97. The molecule has 0 aliphatic carbocycles. The first-order valence-electron chi connectivity index (χ1n) is 6.13. The van der Waals surface area contributed by atoms with Crippen LogP contribution in [0.15, 0.2) is 30.5 Å². The van der Waals surface area contributed by atoms with Gasteiger partial charge in [-0.3, -0.25) is 4.68 Å². The minimum absolute atomic E-state index is 0.777. The molecule has 1 aromatic carbocycles. The number of methoxy groups -OCH3 is 1. The fourth-order valence-electron chi connectivity index (χ4n) is 1.91. The Morgan fingerprint density at radius 2 is 2.22 bits per heavy atom. The summed E-state index contributed by atoms with van der Waals surface area (Å²) < 4.78 is 7.20. The number of hydrogen-bond acceptors (Lipinski definition) is 3. The van der Waals surface area contributed by atoms with Crippen LogP contribution in [0.3, 0.4) is 0 Å². The molecular formula is C14H19N3O. The molecule has 0 unspecified atom stereocenters. The molecule has 0 aliphatic rings. The van der Waals surface area contributed by atoms with Crippen molar-refractivity contribution in [1.29, 1.82) is 0 Å². The lowest BCUT2D eigenvalue weighted by atomic mass is 10.2. The zero-order chi connectivity index (χ0) is 13.0. The lowest BCUT2D eigenvalue weighted by Crippen LogP contribution is -2.03. The molecule has 2 aromatic rings. The summed E-state index contributed by atoms with van der Waals surface area (Å²) in [6, 6.07) is 7.93. The molecule has 1 heterocycles. The zero-order valence-corrected chi connectivity index (χ0v) is 11.1. The van der Waals surface area contributed by atoms with Gasteiger partial charge in [0.15, 0.2) is 0 Å². The van der Waals surface area contributed by atoms with Crippen LogP contribution in [0.25, 0.3) is 0 Å². The van der Waals surface area contributed by atoms with Crippen molar-refractivity contribution >= 4 is 5.69 Å². The van der Waals surface area contributed by atoms with Crippen molar-refractivity contribution in [3.8, 4) is 5.75 Å². The van der Waals surface area contributed by atoms with E-state index in [1.807, 2.05) is 35.1 Å². The Bertz CT molecular complexity index is 520. The number of anilines is 1. The van der Waals surface area contributed by atoms with Crippen LogP contribution in [-0.4, -0.2) is 16.9 Å². The topological polar surface area (TPSA) is 39.1 Å². The highest BCUT2D eigenvalue weighted by atomic mass is 16.5. The maximum atomic E-state index is 5.20. The first-order valence-corrected chi connectivity index (χ1v) is 6.13. The monoisotopic (exact) mass is 245 g/mol. The summed E-state index contributed by atoms with van der Waals surface area (Å²) in [5, 5.41) is 7.71. The second kappa shape index (κ2) is 5.58. The van der Waals surface area contributed by atoms with E-state index < -0.39 is 0 Å². The predicted molar refractivity (Wildman–Crippen MR) is 73.0 cm³/mol. The van der Waals surface area contributed by atoms with Gasteiger partial charge in [0.05, 0.1) is 13.3 Å². The highest BCUT2D eigenvalue weighted by Gasteiger charge is 2.04. The summed E-state index contributed by atoms with van der Waals surface area (Å²) in [6.07, 6.45) is 1.92. The Kier molecular flexibility index (Phi) is 3.87. The van der Waals surface area contributed by atoms with Gasteiger partial charge in [-0.15, -0.1) is 0 Å². The third kappa shape index (κ3) is 2.64. The number of aromatic nitrogens is 2. The second-order valence-corrected chi connectivity index (χ2v) is 4.16. The average Bonchev–Trinajstić information content (AvgIpc) is 2.77. The summed E-state index contributed by atoms with van der Waals surface area (Å²) in [7, 11) is 1.68. The van der Waals surface area contributed by atoms with Crippen LogP contribution >= 0.6 is 0 Å². The molecule has 2 rings (SSSR count). The highest BCUT2D eigenvalue weighted by molar-refractivity contribution is 5.48. The van der Waals surface area contributed by atoms with Crippen molar-refractivity contribution in [1.82, 2.24) is 9.78 Å². The number of aryl methyl sites for hydroxylation is 1. The van der Waals surface area contributed by atoms with Crippen molar-refractivity contribution in [2.75, 3.05) is 12.4 Å². The van der Waals surface area contributed by atoms with Gasteiger partial charge in [0.25, 0.3) is 0 Å². The fraction of sp³-hybridized carbons (Fsp3) is 0.357. The van der Waals surface area contributed by atoms with E-state index in [0.717, 1.165) is 24.5 Å². The minimum Gasteiger partial charge on any atom is -0.497 e. The first-order chi connectivity index (χ1) is 8.74. The maximum Gasteiger partial charge on any atom is 0.120 e. The van der Waals surface area contributed by atoms with Crippen LogP contribution in [0.1, 0.15) is 18.2 Å². The molecular weight excluding hydrogens is 226 g/mol. The van der Waals surface area contributed by atoms with E-state index in [9.17, 15) is 0 Å². The van der Waals surface area contributed by atoms with Crippen molar-refractivity contribution in [2.24, 2.45) is 0 Å². The quantitative estimate of drug-likeness (QED) is 0.880. The number of nitrogens with one attached hydrogen (secondary N) is 1. The molecule has 4 heteroatoms. The van der Waals surface area contributed by atoms with Crippen molar-refractivity contribution in [3.63, 3.8) is 0 Å². The number of nitrogens with zero attached hydrogens (tertiary/aromatic N) is 2. The maximum absolute atomic E-state index is 5.20. The Morgan fingerprint density at radius 3 is 2.89 bits per heavy atom. The van der Waals surface area contributed by atoms with Gasteiger partial charge >= 0.3 is 0 Å². The number of rotatable bonds is 5. The molecule has 0 aliphatic heterocycles. The Balaban J connectivity index is 2.04. The molecule has 0 bridgehead atoms. The van der Waals surface area contributed by atoms with Gasteiger partial charge in [-0.2, -0.15) is 5.10 Å². The van der Waals surface area contributed by atoms with Gasteiger partial charge in [0.2, 0.25) is 0 Å². The van der Waals surface area contributed by atoms with E-state index in [0.29, 0.717) is 0 Å². The summed E-state index contributed by atoms with van der Waals surface area (Å²) in [6.45, 7) is 5.88. The molecule has 0 saturated heterocycles. The molecule has 18 heavy (non-hydrogen) atoms. The van der Waals surface area contributed by atoms with Gasteiger partial charge in [-0.25, -0.2) is 0 Å². The lowest BCUT2D eigenvalue weighted by molar-refractivity contribution is 0.415. The van der Waals surface area contributed by atoms with E-state index in [2.05, 4.69) is 24.3 Å². The molecule has 96 valence electrons. The highest BCUT2D eigenvalue weighted by Crippen LogP contribution is 2.18. The van der Waals surface area contributed by atoms with Crippen LogP contribution in [0.4, 0.5) is 5.69 Å². The standard InChI is InChI=1S/C14H19N3O/c1-4-17-11(2)12(10-16-17)9-15-13-6-5-7-14(8-13)18-3/h5-8,10,15H,4,9H2,1-3H3. The first kappa shape index (κ1) is 12.5. The van der Waals surface area contributed by atoms with Crippen LogP contribution in [-0.2, 0) is 13.1 Å². The largest absolute Gasteiger partial charge is 0.497 e. The molecule has 0 saturated carbocycles.